The summed E-state index contributed by atoms with van der Waals surface area (Å²) < 4.78 is 2.02. The summed E-state index contributed by atoms with van der Waals surface area (Å²) in [7, 11) is 0. The minimum absolute atomic E-state index is 0.237. The van der Waals surface area contributed by atoms with E-state index in [-0.39, 0.29) is 11.6 Å². The van der Waals surface area contributed by atoms with Gasteiger partial charge in [0.1, 0.15) is 11.5 Å². The molecule has 0 aromatic carbocycles. The van der Waals surface area contributed by atoms with Crippen LogP contribution in [0.5, 0.6) is 0 Å². The molecule has 2 amide bonds. The fourth-order valence-corrected chi connectivity index (χ4v) is 2.88. The van der Waals surface area contributed by atoms with Crippen LogP contribution < -0.4 is 10.9 Å². The van der Waals surface area contributed by atoms with Gasteiger partial charge in [0.25, 0.3) is 11.8 Å². The topological polar surface area (TPSA) is 88.4 Å². The molecule has 126 valence electrons. The lowest BCUT2D eigenvalue weighted by Crippen LogP contribution is -2.42. The van der Waals surface area contributed by atoms with Crippen LogP contribution in [-0.4, -0.2) is 26.2 Å². The van der Waals surface area contributed by atoms with Crippen molar-refractivity contribution in [2.24, 2.45) is 0 Å². The number of hydrogen-bond acceptors (Lipinski definition) is 4. The molecule has 7 heteroatoms. The zero-order chi connectivity index (χ0) is 17.4. The highest BCUT2D eigenvalue weighted by molar-refractivity contribution is 5.99. The second-order valence-corrected chi connectivity index (χ2v) is 6.11. The van der Waals surface area contributed by atoms with Gasteiger partial charge in [0.05, 0.1) is 17.3 Å². The normalized spacial score (nSPS) is 13.6. The van der Waals surface area contributed by atoms with E-state index in [1.165, 1.54) is 6.20 Å². The fraction of sp³-hybridized carbons (Fsp3) is 0.222. The Morgan fingerprint density at radius 1 is 1.08 bits per heavy atom. The number of hydrazine groups is 1. The molecule has 1 aliphatic carbocycles. The maximum atomic E-state index is 12.5. The number of rotatable bonds is 3. The third-order valence-corrected chi connectivity index (χ3v) is 4.34. The molecule has 0 atom stereocenters. The lowest BCUT2D eigenvalue weighted by molar-refractivity contribution is 0.0843. The average molecular weight is 335 g/mol. The molecule has 1 fully saturated rings. The Hall–Kier alpha value is -3.22. The Kier molecular flexibility index (Phi) is 3.68. The molecule has 0 bridgehead atoms. The van der Waals surface area contributed by atoms with E-state index in [1.807, 2.05) is 23.6 Å². The standard InChI is InChI=1S/C18H17N5O2/c1-11-14(8-7-13-10-20-16(23(11)13)12-5-6-12)17(24)21-22-18(25)15-4-2-3-9-19-15/h2-4,7-10,12H,5-6H2,1H3,(H,21,24)(H,22,25). The highest BCUT2D eigenvalue weighted by Gasteiger charge is 2.29. The average Bonchev–Trinajstić information content (AvgIpc) is 3.39. The van der Waals surface area contributed by atoms with Crippen molar-refractivity contribution in [2.75, 3.05) is 0 Å². The second kappa shape index (κ2) is 6.01. The van der Waals surface area contributed by atoms with E-state index < -0.39 is 5.91 Å². The van der Waals surface area contributed by atoms with Gasteiger partial charge in [0, 0.05) is 17.8 Å². The Bertz CT molecular complexity index is 960. The van der Waals surface area contributed by atoms with Crippen LogP contribution in [0.4, 0.5) is 0 Å². The van der Waals surface area contributed by atoms with Crippen LogP contribution in [0, 0.1) is 6.92 Å². The zero-order valence-corrected chi connectivity index (χ0v) is 13.7. The summed E-state index contributed by atoms with van der Waals surface area (Å²) in [5.74, 6) is 0.635. The number of pyridine rings is 2. The first-order valence-electron chi connectivity index (χ1n) is 8.14. The number of aromatic nitrogens is 3. The van der Waals surface area contributed by atoms with E-state index in [9.17, 15) is 9.59 Å². The molecule has 4 rings (SSSR count). The Morgan fingerprint density at radius 3 is 2.60 bits per heavy atom. The molecule has 1 aliphatic rings. The zero-order valence-electron chi connectivity index (χ0n) is 13.7. The number of amides is 2. The van der Waals surface area contributed by atoms with Crippen LogP contribution in [0.2, 0.25) is 0 Å². The van der Waals surface area contributed by atoms with Crippen LogP contribution in [0.3, 0.4) is 0 Å². The summed E-state index contributed by atoms with van der Waals surface area (Å²) in [6.07, 6.45) is 5.61. The number of carbonyl (C=O) groups excluding carboxylic acids is 2. The molecule has 2 N–H and O–H groups in total. The van der Waals surface area contributed by atoms with Crippen molar-refractivity contribution in [2.45, 2.75) is 25.7 Å². The van der Waals surface area contributed by atoms with Crippen molar-refractivity contribution >= 4 is 17.3 Å². The Labute approximate surface area is 144 Å². The highest BCUT2D eigenvalue weighted by atomic mass is 16.2. The lowest BCUT2D eigenvalue weighted by Gasteiger charge is -2.11. The number of nitrogens with one attached hydrogen (secondary N) is 2. The molecule has 25 heavy (non-hydrogen) atoms. The van der Waals surface area contributed by atoms with Crippen molar-refractivity contribution in [3.63, 3.8) is 0 Å². The van der Waals surface area contributed by atoms with Crippen molar-refractivity contribution in [1.29, 1.82) is 0 Å². The van der Waals surface area contributed by atoms with E-state index >= 15 is 0 Å². The van der Waals surface area contributed by atoms with Gasteiger partial charge in [-0.05, 0) is 44.0 Å². The van der Waals surface area contributed by atoms with Crippen LogP contribution >= 0.6 is 0 Å². The Morgan fingerprint density at radius 2 is 1.88 bits per heavy atom. The number of carbonyl (C=O) groups is 2. The van der Waals surface area contributed by atoms with Crippen molar-refractivity contribution in [3.8, 4) is 0 Å². The van der Waals surface area contributed by atoms with Gasteiger partial charge in [0.15, 0.2) is 0 Å². The van der Waals surface area contributed by atoms with Gasteiger partial charge in [0.2, 0.25) is 0 Å². The van der Waals surface area contributed by atoms with Crippen LogP contribution in [0.25, 0.3) is 5.52 Å². The van der Waals surface area contributed by atoms with Crippen molar-refractivity contribution in [1.82, 2.24) is 25.2 Å². The van der Waals surface area contributed by atoms with Gasteiger partial charge >= 0.3 is 0 Å². The third kappa shape index (κ3) is 2.84. The minimum Gasteiger partial charge on any atom is -0.300 e. The fourth-order valence-electron chi connectivity index (χ4n) is 2.88. The van der Waals surface area contributed by atoms with Crippen molar-refractivity contribution < 1.29 is 9.59 Å². The molecule has 0 radical (unpaired) electrons. The van der Waals surface area contributed by atoms with E-state index in [4.69, 9.17) is 0 Å². The smallest absolute Gasteiger partial charge is 0.288 e. The van der Waals surface area contributed by atoms with Crippen LogP contribution in [-0.2, 0) is 0 Å². The van der Waals surface area contributed by atoms with E-state index in [0.29, 0.717) is 11.5 Å². The molecule has 0 unspecified atom stereocenters. The predicted molar refractivity (Wildman–Crippen MR) is 91.1 cm³/mol. The molecule has 3 aromatic rings. The molecule has 7 nitrogen and oxygen atoms in total. The Balaban J connectivity index is 1.55. The molecule has 3 heterocycles. The number of fused-ring (bicyclic) bond motifs is 1. The van der Waals surface area contributed by atoms with Crippen molar-refractivity contribution in [3.05, 3.63) is 65.5 Å². The van der Waals surface area contributed by atoms with Gasteiger partial charge in [-0.3, -0.25) is 29.8 Å². The SMILES string of the molecule is Cc1c(C(=O)NNC(=O)c2ccccn2)ccc2cnc(C3CC3)n12. The van der Waals surface area contributed by atoms with Gasteiger partial charge < -0.3 is 0 Å². The van der Waals surface area contributed by atoms with E-state index in [2.05, 4.69) is 20.8 Å². The summed E-state index contributed by atoms with van der Waals surface area (Å²) in [4.78, 5) is 32.9. The number of nitrogens with zero attached hydrogens (tertiary/aromatic N) is 3. The monoisotopic (exact) mass is 335 g/mol. The summed E-state index contributed by atoms with van der Waals surface area (Å²) >= 11 is 0. The summed E-state index contributed by atoms with van der Waals surface area (Å²) in [6.45, 7) is 1.88. The molecule has 0 saturated heterocycles. The summed E-state index contributed by atoms with van der Waals surface area (Å²) in [6, 6.07) is 8.61. The maximum absolute atomic E-state index is 12.5. The molecule has 0 spiro atoms. The van der Waals surface area contributed by atoms with Crippen LogP contribution in [0.15, 0.2) is 42.7 Å². The molecule has 0 aliphatic heterocycles. The molecular weight excluding hydrogens is 318 g/mol. The summed E-state index contributed by atoms with van der Waals surface area (Å²) in [5.41, 5.74) is 7.34. The minimum atomic E-state index is -0.464. The molecular formula is C18H17N5O2. The number of imidazole rings is 1. The van der Waals surface area contributed by atoms with E-state index in [1.54, 1.807) is 24.3 Å². The summed E-state index contributed by atoms with van der Waals surface area (Å²) in [5, 5.41) is 0. The van der Waals surface area contributed by atoms with Gasteiger partial charge in [-0.1, -0.05) is 6.07 Å². The lowest BCUT2D eigenvalue weighted by atomic mass is 10.2. The van der Waals surface area contributed by atoms with E-state index in [0.717, 1.165) is 29.9 Å². The first kappa shape index (κ1) is 15.3. The quantitative estimate of drug-likeness (QED) is 0.717. The number of aryl methyl sites for hydroxylation is 1. The largest absolute Gasteiger partial charge is 0.300 e. The maximum Gasteiger partial charge on any atom is 0.288 e. The molecule has 3 aromatic heterocycles. The first-order chi connectivity index (χ1) is 12.1. The second-order valence-electron chi connectivity index (χ2n) is 6.11. The highest BCUT2D eigenvalue weighted by Crippen LogP contribution is 2.39. The first-order valence-corrected chi connectivity index (χ1v) is 8.14. The predicted octanol–water partition coefficient (Wildman–Crippen LogP) is 1.99. The number of hydrogen-bond donors (Lipinski definition) is 2. The van der Waals surface area contributed by atoms with Gasteiger partial charge in [-0.25, -0.2) is 4.98 Å². The van der Waals surface area contributed by atoms with Gasteiger partial charge in [-0.2, -0.15) is 0 Å². The third-order valence-electron chi connectivity index (χ3n) is 4.34. The van der Waals surface area contributed by atoms with Gasteiger partial charge in [-0.15, -0.1) is 0 Å². The van der Waals surface area contributed by atoms with Crippen LogP contribution in [0.1, 0.15) is 51.1 Å². The molecule has 1 saturated carbocycles.